The van der Waals surface area contributed by atoms with Crippen molar-refractivity contribution in [2.45, 2.75) is 25.7 Å². The second-order valence-electron chi connectivity index (χ2n) is 5.07. The van der Waals surface area contributed by atoms with Gasteiger partial charge in [-0.25, -0.2) is 12.7 Å². The first-order valence-electron chi connectivity index (χ1n) is 6.20. The number of hydrogen-bond donors (Lipinski definition) is 0. The third-order valence-electron chi connectivity index (χ3n) is 3.64. The van der Waals surface area contributed by atoms with Gasteiger partial charge in [-0.2, -0.15) is 0 Å². The summed E-state index contributed by atoms with van der Waals surface area (Å²) >= 11 is 0. The number of hydrogen-bond acceptors (Lipinski definition) is 3. The van der Waals surface area contributed by atoms with Crippen molar-refractivity contribution in [3.63, 3.8) is 0 Å². The Bertz CT molecular complexity index is 388. The molecular formula is C11H20N2O3S. The molecule has 2 fully saturated rings. The van der Waals surface area contributed by atoms with Gasteiger partial charge in [0.15, 0.2) is 0 Å². The minimum absolute atomic E-state index is 0.197. The van der Waals surface area contributed by atoms with Crippen LogP contribution < -0.4 is 0 Å². The minimum Gasteiger partial charge on any atom is -0.343 e. The van der Waals surface area contributed by atoms with Crippen LogP contribution in [0.1, 0.15) is 25.7 Å². The Morgan fingerprint density at radius 3 is 2.41 bits per heavy atom. The quantitative estimate of drug-likeness (QED) is 0.732. The van der Waals surface area contributed by atoms with Gasteiger partial charge in [0.25, 0.3) is 0 Å². The number of sulfonamides is 1. The van der Waals surface area contributed by atoms with Gasteiger partial charge in [-0.1, -0.05) is 0 Å². The first-order valence-corrected chi connectivity index (χ1v) is 8.04. The second kappa shape index (κ2) is 4.94. The monoisotopic (exact) mass is 260 g/mol. The molecule has 1 unspecified atom stereocenters. The molecule has 0 bridgehead atoms. The molecule has 0 aromatic heterocycles. The van der Waals surface area contributed by atoms with Gasteiger partial charge < -0.3 is 4.90 Å². The van der Waals surface area contributed by atoms with E-state index in [0.717, 1.165) is 32.4 Å². The van der Waals surface area contributed by atoms with Crippen LogP contribution in [-0.4, -0.2) is 56.0 Å². The van der Waals surface area contributed by atoms with Crippen molar-refractivity contribution in [2.75, 3.05) is 32.4 Å². The zero-order valence-corrected chi connectivity index (χ0v) is 11.1. The number of rotatable bonds is 3. The Hall–Kier alpha value is -0.620. The van der Waals surface area contributed by atoms with E-state index < -0.39 is 10.0 Å². The van der Waals surface area contributed by atoms with Gasteiger partial charge >= 0.3 is 0 Å². The first kappa shape index (κ1) is 12.8. The second-order valence-corrected chi connectivity index (χ2v) is 7.05. The van der Waals surface area contributed by atoms with Crippen LogP contribution in [0.3, 0.4) is 0 Å². The molecule has 1 atom stereocenters. The molecule has 0 aliphatic carbocycles. The third kappa shape index (κ3) is 3.19. The van der Waals surface area contributed by atoms with E-state index in [1.165, 1.54) is 10.6 Å². The number of likely N-dealkylation sites (tertiary alicyclic amines) is 1. The summed E-state index contributed by atoms with van der Waals surface area (Å²) in [6, 6.07) is 0. The van der Waals surface area contributed by atoms with Gasteiger partial charge in [-0.3, -0.25) is 4.79 Å². The average Bonchev–Trinajstić information content (AvgIpc) is 2.85. The lowest BCUT2D eigenvalue weighted by Crippen LogP contribution is -2.31. The Kier molecular flexibility index (Phi) is 3.73. The van der Waals surface area contributed by atoms with E-state index in [-0.39, 0.29) is 11.8 Å². The van der Waals surface area contributed by atoms with E-state index in [1.807, 2.05) is 4.90 Å². The van der Waals surface area contributed by atoms with E-state index >= 15 is 0 Å². The molecule has 0 N–H and O–H groups in total. The van der Waals surface area contributed by atoms with Crippen molar-refractivity contribution in [1.29, 1.82) is 0 Å². The summed E-state index contributed by atoms with van der Waals surface area (Å²) < 4.78 is 24.2. The van der Waals surface area contributed by atoms with Crippen LogP contribution in [0.5, 0.6) is 0 Å². The van der Waals surface area contributed by atoms with Crippen LogP contribution in [0.2, 0.25) is 0 Å². The summed E-state index contributed by atoms with van der Waals surface area (Å²) in [7, 11) is -3.08. The standard InChI is InChI=1S/C11H20N2O3S/c1-17(15,16)13-7-4-10(9-13)8-11(14)12-5-2-3-6-12/h10H,2-9H2,1H3. The minimum atomic E-state index is -3.08. The summed E-state index contributed by atoms with van der Waals surface area (Å²) in [6.45, 7) is 2.83. The lowest BCUT2D eigenvalue weighted by atomic mass is 10.0. The maximum absolute atomic E-state index is 11.9. The number of amides is 1. The van der Waals surface area contributed by atoms with Crippen LogP contribution in [0.15, 0.2) is 0 Å². The smallest absolute Gasteiger partial charge is 0.222 e. The van der Waals surface area contributed by atoms with Gasteiger partial charge in [0.1, 0.15) is 0 Å². The molecule has 0 radical (unpaired) electrons. The Balaban J connectivity index is 1.83. The highest BCUT2D eigenvalue weighted by atomic mass is 32.2. The summed E-state index contributed by atoms with van der Waals surface area (Å²) in [5, 5.41) is 0. The molecule has 17 heavy (non-hydrogen) atoms. The van der Waals surface area contributed by atoms with Crippen LogP contribution in [0.4, 0.5) is 0 Å². The van der Waals surface area contributed by atoms with Crippen molar-refractivity contribution in [2.24, 2.45) is 5.92 Å². The zero-order valence-electron chi connectivity index (χ0n) is 10.3. The Morgan fingerprint density at radius 2 is 1.88 bits per heavy atom. The van der Waals surface area contributed by atoms with Crippen LogP contribution in [0, 0.1) is 5.92 Å². The lowest BCUT2D eigenvalue weighted by Gasteiger charge is -2.18. The topological polar surface area (TPSA) is 57.7 Å². The van der Waals surface area contributed by atoms with Crippen molar-refractivity contribution in [3.8, 4) is 0 Å². The van der Waals surface area contributed by atoms with Gasteiger partial charge in [0, 0.05) is 32.6 Å². The zero-order chi connectivity index (χ0) is 12.5. The van der Waals surface area contributed by atoms with E-state index in [9.17, 15) is 13.2 Å². The summed E-state index contributed by atoms with van der Waals surface area (Å²) in [5.74, 6) is 0.403. The molecule has 2 heterocycles. The third-order valence-corrected chi connectivity index (χ3v) is 4.91. The molecular weight excluding hydrogens is 240 g/mol. The van der Waals surface area contributed by atoms with Gasteiger partial charge in [-0.15, -0.1) is 0 Å². The first-order chi connectivity index (χ1) is 7.97. The van der Waals surface area contributed by atoms with Crippen molar-refractivity contribution < 1.29 is 13.2 Å². The fourth-order valence-electron chi connectivity index (χ4n) is 2.61. The van der Waals surface area contributed by atoms with Crippen molar-refractivity contribution in [3.05, 3.63) is 0 Å². The molecule has 6 heteroatoms. The van der Waals surface area contributed by atoms with Crippen molar-refractivity contribution >= 4 is 15.9 Å². The van der Waals surface area contributed by atoms with Crippen molar-refractivity contribution in [1.82, 2.24) is 9.21 Å². The largest absolute Gasteiger partial charge is 0.343 e. The lowest BCUT2D eigenvalue weighted by molar-refractivity contribution is -0.131. The molecule has 1 amide bonds. The van der Waals surface area contributed by atoms with Gasteiger partial charge in [0.2, 0.25) is 15.9 Å². The van der Waals surface area contributed by atoms with E-state index in [0.29, 0.717) is 19.5 Å². The average molecular weight is 260 g/mol. The molecule has 2 aliphatic heterocycles. The molecule has 0 saturated carbocycles. The molecule has 5 nitrogen and oxygen atoms in total. The Labute approximate surface area is 103 Å². The van der Waals surface area contributed by atoms with Gasteiger partial charge in [-0.05, 0) is 25.2 Å². The normalized spacial score (nSPS) is 26.6. The molecule has 2 aliphatic rings. The van der Waals surface area contributed by atoms with Crippen LogP contribution in [-0.2, 0) is 14.8 Å². The predicted molar refractivity (Wildman–Crippen MR) is 65.0 cm³/mol. The van der Waals surface area contributed by atoms with E-state index in [4.69, 9.17) is 0 Å². The predicted octanol–water partition coefficient (Wildman–Crippen LogP) is 0.280. The Morgan fingerprint density at radius 1 is 1.24 bits per heavy atom. The van der Waals surface area contributed by atoms with E-state index in [2.05, 4.69) is 0 Å². The molecule has 98 valence electrons. The highest BCUT2D eigenvalue weighted by molar-refractivity contribution is 7.88. The maximum atomic E-state index is 11.9. The number of carbonyl (C=O) groups excluding carboxylic acids is 1. The highest BCUT2D eigenvalue weighted by Gasteiger charge is 2.31. The summed E-state index contributed by atoms with van der Waals surface area (Å²) in [5.41, 5.74) is 0. The molecule has 0 spiro atoms. The summed E-state index contributed by atoms with van der Waals surface area (Å²) in [6.07, 6.45) is 4.76. The van der Waals surface area contributed by atoms with Crippen LogP contribution >= 0.6 is 0 Å². The fourth-order valence-corrected chi connectivity index (χ4v) is 3.53. The number of carbonyl (C=O) groups is 1. The molecule has 2 saturated heterocycles. The SMILES string of the molecule is CS(=O)(=O)N1CCC(CC(=O)N2CCCC2)C1. The fraction of sp³-hybridized carbons (Fsp3) is 0.909. The molecule has 2 rings (SSSR count). The van der Waals surface area contributed by atoms with Gasteiger partial charge in [0.05, 0.1) is 6.26 Å². The molecule has 0 aromatic carbocycles. The van der Waals surface area contributed by atoms with Crippen LogP contribution in [0.25, 0.3) is 0 Å². The maximum Gasteiger partial charge on any atom is 0.222 e. The van der Waals surface area contributed by atoms with E-state index in [1.54, 1.807) is 0 Å². The number of nitrogens with zero attached hydrogens (tertiary/aromatic N) is 2. The highest BCUT2D eigenvalue weighted by Crippen LogP contribution is 2.23. The summed E-state index contributed by atoms with van der Waals surface area (Å²) in [4.78, 5) is 13.8. The molecule has 0 aromatic rings.